The minimum absolute atomic E-state index is 0.00557. The number of rotatable bonds is 8. The lowest BCUT2D eigenvalue weighted by molar-refractivity contribution is -0.122. The minimum Gasteiger partial charge on any atom is -0.497 e. The first-order valence-corrected chi connectivity index (χ1v) is 11.5. The van der Waals surface area contributed by atoms with Gasteiger partial charge >= 0.3 is 0 Å². The van der Waals surface area contributed by atoms with Crippen molar-refractivity contribution in [1.29, 1.82) is 0 Å². The highest BCUT2D eigenvalue weighted by molar-refractivity contribution is 7.80. The second kappa shape index (κ2) is 11.4. The van der Waals surface area contributed by atoms with Crippen molar-refractivity contribution in [2.24, 2.45) is 0 Å². The largest absolute Gasteiger partial charge is 0.497 e. The molecule has 0 spiro atoms. The van der Waals surface area contributed by atoms with Crippen molar-refractivity contribution in [1.82, 2.24) is 5.32 Å². The number of methoxy groups -OCH3 is 2. The van der Waals surface area contributed by atoms with E-state index in [1.54, 1.807) is 87.0 Å². The van der Waals surface area contributed by atoms with Gasteiger partial charge in [-0.1, -0.05) is 12.1 Å². The Morgan fingerprint density at radius 1 is 0.892 bits per heavy atom. The molecule has 3 aromatic rings. The first kappa shape index (κ1) is 25.4. The van der Waals surface area contributed by atoms with Crippen LogP contribution in [0.25, 0.3) is 6.08 Å². The van der Waals surface area contributed by atoms with Crippen LogP contribution in [0.5, 0.6) is 17.2 Å². The van der Waals surface area contributed by atoms with Crippen molar-refractivity contribution in [2.75, 3.05) is 31.0 Å². The molecular formula is C27H23N3O6S. The molecule has 3 aromatic carbocycles. The van der Waals surface area contributed by atoms with Crippen LogP contribution in [-0.4, -0.2) is 43.7 Å². The Morgan fingerprint density at radius 2 is 1.46 bits per heavy atom. The number of hydrogen-bond acceptors (Lipinski definition) is 7. The molecule has 4 rings (SSSR count). The van der Waals surface area contributed by atoms with Gasteiger partial charge in [-0.15, -0.1) is 0 Å². The summed E-state index contributed by atoms with van der Waals surface area (Å²) in [5, 5.41) is 5.28. The normalized spacial score (nSPS) is 14.3. The van der Waals surface area contributed by atoms with Crippen LogP contribution in [0.2, 0.25) is 0 Å². The molecule has 9 nitrogen and oxygen atoms in total. The smallest absolute Gasteiger partial charge is 0.270 e. The molecule has 37 heavy (non-hydrogen) atoms. The lowest BCUT2D eigenvalue weighted by Crippen LogP contribution is -2.54. The van der Waals surface area contributed by atoms with Crippen LogP contribution in [0.4, 0.5) is 11.4 Å². The summed E-state index contributed by atoms with van der Waals surface area (Å²) < 4.78 is 15.8. The van der Waals surface area contributed by atoms with E-state index in [1.807, 2.05) is 0 Å². The van der Waals surface area contributed by atoms with Gasteiger partial charge in [0.15, 0.2) is 11.7 Å². The number of nitrogens with one attached hydrogen (secondary N) is 2. The zero-order valence-corrected chi connectivity index (χ0v) is 20.8. The number of amides is 3. The zero-order valence-electron chi connectivity index (χ0n) is 20.0. The molecule has 10 heteroatoms. The maximum Gasteiger partial charge on any atom is 0.270 e. The van der Waals surface area contributed by atoms with Crippen LogP contribution in [0.15, 0.2) is 78.4 Å². The third-order valence-corrected chi connectivity index (χ3v) is 5.65. The van der Waals surface area contributed by atoms with Crippen LogP contribution in [0, 0.1) is 0 Å². The monoisotopic (exact) mass is 517 g/mol. The molecule has 0 radical (unpaired) electrons. The van der Waals surface area contributed by atoms with Crippen molar-refractivity contribution >= 4 is 52.5 Å². The predicted octanol–water partition coefficient (Wildman–Crippen LogP) is 3.55. The van der Waals surface area contributed by atoms with Gasteiger partial charge in [0.05, 0.1) is 19.9 Å². The number of carbonyl (C=O) groups excluding carboxylic acids is 3. The molecule has 1 aliphatic heterocycles. The fraction of sp³-hybridized carbons (Fsp3) is 0.111. The zero-order chi connectivity index (χ0) is 26.4. The van der Waals surface area contributed by atoms with E-state index in [2.05, 4.69) is 10.6 Å². The van der Waals surface area contributed by atoms with Gasteiger partial charge < -0.3 is 19.5 Å². The second-order valence-corrected chi connectivity index (χ2v) is 8.18. The quantitative estimate of drug-likeness (QED) is 0.267. The van der Waals surface area contributed by atoms with Crippen molar-refractivity contribution in [3.05, 3.63) is 83.9 Å². The highest BCUT2D eigenvalue weighted by atomic mass is 32.1. The van der Waals surface area contributed by atoms with E-state index in [-0.39, 0.29) is 23.2 Å². The van der Waals surface area contributed by atoms with Gasteiger partial charge in [-0.25, -0.2) is 0 Å². The van der Waals surface area contributed by atoms with Gasteiger partial charge in [0.1, 0.15) is 22.8 Å². The molecule has 1 heterocycles. The van der Waals surface area contributed by atoms with E-state index in [0.717, 1.165) is 0 Å². The molecule has 0 aliphatic carbocycles. The summed E-state index contributed by atoms with van der Waals surface area (Å²) >= 11 is 5.22. The van der Waals surface area contributed by atoms with Crippen LogP contribution in [0.1, 0.15) is 5.56 Å². The molecule has 0 saturated carbocycles. The Kier molecular flexibility index (Phi) is 7.80. The van der Waals surface area contributed by atoms with Gasteiger partial charge in [0.2, 0.25) is 0 Å². The van der Waals surface area contributed by atoms with Gasteiger partial charge in [-0.05, 0) is 84.5 Å². The standard InChI is InChI=1S/C27H23N3O6S/c1-34-20-11-5-18(6-12-20)28-24(31)16-36-22-9-3-17(4-10-22)15-23-25(32)29-27(37)30(26(23)33)19-7-13-21(35-2)14-8-19/h3-15H,16H2,1-2H3,(H,28,31)(H,29,32,37)/b23-15-. The molecule has 1 fully saturated rings. The van der Waals surface area contributed by atoms with E-state index in [9.17, 15) is 14.4 Å². The third kappa shape index (κ3) is 6.11. The average Bonchev–Trinajstić information content (AvgIpc) is 2.91. The highest BCUT2D eigenvalue weighted by Gasteiger charge is 2.34. The number of thiocarbonyl (C=S) groups is 1. The van der Waals surface area contributed by atoms with Crippen LogP contribution < -0.4 is 29.7 Å². The Labute approximate surface area is 218 Å². The van der Waals surface area contributed by atoms with E-state index in [0.29, 0.717) is 34.2 Å². The fourth-order valence-corrected chi connectivity index (χ4v) is 3.75. The minimum atomic E-state index is -0.588. The molecule has 188 valence electrons. The molecule has 1 saturated heterocycles. The maximum absolute atomic E-state index is 13.1. The van der Waals surface area contributed by atoms with Crippen molar-refractivity contribution in [3.63, 3.8) is 0 Å². The van der Waals surface area contributed by atoms with Crippen LogP contribution in [0.3, 0.4) is 0 Å². The fourth-order valence-electron chi connectivity index (χ4n) is 3.47. The van der Waals surface area contributed by atoms with Crippen LogP contribution in [-0.2, 0) is 14.4 Å². The molecule has 2 N–H and O–H groups in total. The molecule has 0 unspecified atom stereocenters. The van der Waals surface area contributed by atoms with Gasteiger partial charge in [0.25, 0.3) is 17.7 Å². The Balaban J connectivity index is 1.40. The summed E-state index contributed by atoms with van der Waals surface area (Å²) in [5.41, 5.74) is 1.64. The predicted molar refractivity (Wildman–Crippen MR) is 143 cm³/mol. The molecule has 1 aliphatic rings. The number of benzene rings is 3. The number of nitrogens with zero attached hydrogens (tertiary/aromatic N) is 1. The van der Waals surface area contributed by atoms with Gasteiger partial charge in [-0.3, -0.25) is 24.6 Å². The van der Waals surface area contributed by atoms with Crippen molar-refractivity contribution in [2.45, 2.75) is 0 Å². The second-order valence-electron chi connectivity index (χ2n) is 7.79. The summed E-state index contributed by atoms with van der Waals surface area (Å²) in [5.74, 6) is 0.306. The average molecular weight is 518 g/mol. The van der Waals surface area contributed by atoms with Crippen LogP contribution >= 0.6 is 12.2 Å². The maximum atomic E-state index is 13.1. The molecule has 0 aromatic heterocycles. The van der Waals surface area contributed by atoms with Crippen molar-refractivity contribution < 1.29 is 28.6 Å². The van der Waals surface area contributed by atoms with E-state index in [1.165, 1.54) is 11.0 Å². The first-order valence-electron chi connectivity index (χ1n) is 11.1. The SMILES string of the molecule is COc1ccc(NC(=O)COc2ccc(/C=C3/C(=O)NC(=S)N(c4ccc(OC)cc4)C3=O)cc2)cc1. The summed E-state index contributed by atoms with van der Waals surface area (Å²) in [4.78, 5) is 39.1. The summed E-state index contributed by atoms with van der Waals surface area (Å²) in [6.45, 7) is -0.193. The van der Waals surface area contributed by atoms with E-state index in [4.69, 9.17) is 26.4 Å². The topological polar surface area (TPSA) is 106 Å². The van der Waals surface area contributed by atoms with Gasteiger partial charge in [0, 0.05) is 5.69 Å². The summed E-state index contributed by atoms with van der Waals surface area (Å²) in [6.07, 6.45) is 1.47. The summed E-state index contributed by atoms with van der Waals surface area (Å²) in [7, 11) is 3.11. The molecule has 0 atom stereocenters. The Bertz CT molecular complexity index is 1350. The molecule has 0 bridgehead atoms. The first-order chi connectivity index (χ1) is 17.9. The summed E-state index contributed by atoms with van der Waals surface area (Å²) in [6, 6.07) is 20.3. The Hall–Kier alpha value is -4.70. The molecule has 3 amide bonds. The lowest BCUT2D eigenvalue weighted by atomic mass is 10.1. The third-order valence-electron chi connectivity index (χ3n) is 5.37. The van der Waals surface area contributed by atoms with Crippen molar-refractivity contribution in [3.8, 4) is 17.2 Å². The number of ether oxygens (including phenoxy) is 3. The van der Waals surface area contributed by atoms with E-state index < -0.39 is 11.8 Å². The lowest BCUT2D eigenvalue weighted by Gasteiger charge is -2.29. The van der Waals surface area contributed by atoms with Gasteiger partial charge in [-0.2, -0.15) is 0 Å². The highest BCUT2D eigenvalue weighted by Crippen LogP contribution is 2.25. The van der Waals surface area contributed by atoms with E-state index >= 15 is 0 Å². The number of anilines is 2. The Morgan fingerprint density at radius 3 is 2.05 bits per heavy atom. The number of carbonyl (C=O) groups is 3. The molecular weight excluding hydrogens is 494 g/mol. The number of hydrogen-bond donors (Lipinski definition) is 2.